The molecule has 2 saturated heterocycles. The van der Waals surface area contributed by atoms with Gasteiger partial charge < -0.3 is 5.32 Å². The molecule has 2 unspecified atom stereocenters. The summed E-state index contributed by atoms with van der Waals surface area (Å²) in [6.07, 6.45) is 3.06. The zero-order chi connectivity index (χ0) is 14.3. The van der Waals surface area contributed by atoms with Crippen LogP contribution in [0.3, 0.4) is 0 Å². The summed E-state index contributed by atoms with van der Waals surface area (Å²) in [5.41, 5.74) is 0. The monoisotopic (exact) mass is 414 g/mol. The van der Waals surface area contributed by atoms with E-state index in [4.69, 9.17) is 11.6 Å². The van der Waals surface area contributed by atoms with E-state index >= 15 is 0 Å². The van der Waals surface area contributed by atoms with Gasteiger partial charge in [-0.1, -0.05) is 17.7 Å². The maximum Gasteiger partial charge on any atom is 0.244 e. The van der Waals surface area contributed by atoms with Crippen LogP contribution in [0, 0.1) is 0 Å². The average molecular weight is 416 g/mol. The maximum absolute atomic E-state index is 12.8. The SMILES string of the molecule is Cl.O=S(=O)(c1cccc(Br)c1Cl)N1CCC2CCC(C1)N2. The standard InChI is InChI=1S/C13H16BrClN2O2S.ClH/c14-11-2-1-3-12(13(11)15)20(18,19)17-7-6-9-4-5-10(8-17)16-9;/h1-3,9-10,16H,4-8H2;1H. The Bertz CT molecular complexity index is 627. The van der Waals surface area contributed by atoms with Gasteiger partial charge in [0.15, 0.2) is 0 Å². The third-order valence-corrected chi connectivity index (χ3v) is 7.34. The minimum Gasteiger partial charge on any atom is -0.310 e. The van der Waals surface area contributed by atoms with Gasteiger partial charge in [0.1, 0.15) is 4.90 Å². The summed E-state index contributed by atoms with van der Waals surface area (Å²) in [7, 11) is -3.53. The predicted molar refractivity (Wildman–Crippen MR) is 89.7 cm³/mol. The Labute approximate surface area is 144 Å². The van der Waals surface area contributed by atoms with Gasteiger partial charge in [0, 0.05) is 29.6 Å². The molecule has 2 atom stereocenters. The predicted octanol–water partition coefficient (Wildman–Crippen LogP) is 3.04. The fraction of sp³-hybridized carbons (Fsp3) is 0.538. The van der Waals surface area contributed by atoms with Gasteiger partial charge in [-0.3, -0.25) is 0 Å². The van der Waals surface area contributed by atoms with Crippen LogP contribution in [0.2, 0.25) is 5.02 Å². The van der Waals surface area contributed by atoms with Crippen molar-refractivity contribution in [2.24, 2.45) is 0 Å². The quantitative estimate of drug-likeness (QED) is 0.807. The first-order valence-electron chi connectivity index (χ1n) is 6.68. The number of nitrogens with zero attached hydrogens (tertiary/aromatic N) is 1. The minimum atomic E-state index is -3.53. The molecular weight excluding hydrogens is 399 g/mol. The molecule has 0 spiro atoms. The second-order valence-corrected chi connectivity index (χ2v) is 8.48. The Kier molecular flexibility index (Phi) is 5.60. The van der Waals surface area contributed by atoms with Crippen molar-refractivity contribution in [2.75, 3.05) is 13.1 Å². The first kappa shape index (κ1) is 17.5. The number of halogens is 3. The number of hydrogen-bond donors (Lipinski definition) is 1. The van der Waals surface area contributed by atoms with Crippen LogP contribution in [-0.2, 0) is 10.0 Å². The lowest BCUT2D eigenvalue weighted by Gasteiger charge is -2.24. The Morgan fingerprint density at radius 3 is 2.71 bits per heavy atom. The largest absolute Gasteiger partial charge is 0.310 e. The lowest BCUT2D eigenvalue weighted by Crippen LogP contribution is -2.39. The van der Waals surface area contributed by atoms with Gasteiger partial charge >= 0.3 is 0 Å². The first-order valence-corrected chi connectivity index (χ1v) is 9.30. The molecule has 2 bridgehead atoms. The van der Waals surface area contributed by atoms with Gasteiger partial charge in [-0.25, -0.2) is 8.42 Å². The van der Waals surface area contributed by atoms with Crippen LogP contribution in [0.5, 0.6) is 0 Å². The fourth-order valence-electron chi connectivity index (χ4n) is 2.95. The molecule has 2 fully saturated rings. The Balaban J connectivity index is 0.00000161. The molecule has 2 aliphatic heterocycles. The smallest absolute Gasteiger partial charge is 0.244 e. The Hall–Kier alpha value is 0.150. The molecule has 0 aromatic heterocycles. The van der Waals surface area contributed by atoms with Crippen molar-refractivity contribution in [3.63, 3.8) is 0 Å². The summed E-state index contributed by atoms with van der Waals surface area (Å²) in [6.45, 7) is 1.08. The molecule has 0 radical (unpaired) electrons. The van der Waals surface area contributed by atoms with E-state index < -0.39 is 10.0 Å². The van der Waals surface area contributed by atoms with Crippen molar-refractivity contribution < 1.29 is 8.42 Å². The maximum atomic E-state index is 12.8. The second kappa shape index (κ2) is 6.72. The Morgan fingerprint density at radius 1 is 1.24 bits per heavy atom. The van der Waals surface area contributed by atoms with Crippen LogP contribution in [-0.4, -0.2) is 37.9 Å². The van der Waals surface area contributed by atoms with Crippen molar-refractivity contribution in [3.05, 3.63) is 27.7 Å². The normalized spacial score (nSPS) is 26.2. The number of benzene rings is 1. The summed E-state index contributed by atoms with van der Waals surface area (Å²) >= 11 is 9.43. The van der Waals surface area contributed by atoms with Crippen LogP contribution in [0.15, 0.2) is 27.6 Å². The number of nitrogens with one attached hydrogen (secondary N) is 1. The lowest BCUT2D eigenvalue weighted by molar-refractivity contribution is 0.383. The molecule has 8 heteroatoms. The van der Waals surface area contributed by atoms with Crippen molar-refractivity contribution in [2.45, 2.75) is 36.2 Å². The number of sulfonamides is 1. The fourth-order valence-corrected chi connectivity index (χ4v) is 5.45. The molecule has 0 saturated carbocycles. The topological polar surface area (TPSA) is 49.4 Å². The molecule has 0 amide bonds. The zero-order valence-corrected chi connectivity index (χ0v) is 15.2. The average Bonchev–Trinajstić information content (AvgIpc) is 2.71. The van der Waals surface area contributed by atoms with E-state index in [2.05, 4.69) is 21.2 Å². The van der Waals surface area contributed by atoms with Crippen LogP contribution in [0.1, 0.15) is 19.3 Å². The van der Waals surface area contributed by atoms with E-state index in [9.17, 15) is 8.42 Å². The van der Waals surface area contributed by atoms with Crippen molar-refractivity contribution in [1.82, 2.24) is 9.62 Å². The van der Waals surface area contributed by atoms with Crippen LogP contribution < -0.4 is 5.32 Å². The minimum absolute atomic E-state index is 0. The van der Waals surface area contributed by atoms with E-state index in [1.807, 2.05) is 0 Å². The van der Waals surface area contributed by atoms with Gasteiger partial charge in [-0.05, 0) is 47.3 Å². The van der Waals surface area contributed by atoms with Crippen LogP contribution in [0.4, 0.5) is 0 Å². The highest BCUT2D eigenvalue weighted by Gasteiger charge is 2.35. The molecule has 2 heterocycles. The lowest BCUT2D eigenvalue weighted by atomic mass is 10.1. The van der Waals surface area contributed by atoms with Crippen molar-refractivity contribution in [3.8, 4) is 0 Å². The molecule has 1 aromatic carbocycles. The summed E-state index contributed by atoms with van der Waals surface area (Å²) in [6, 6.07) is 5.73. The van der Waals surface area contributed by atoms with E-state index in [-0.39, 0.29) is 28.4 Å². The molecule has 118 valence electrons. The molecule has 21 heavy (non-hydrogen) atoms. The molecule has 3 rings (SSSR count). The molecule has 0 aliphatic carbocycles. The van der Waals surface area contributed by atoms with E-state index in [1.165, 1.54) is 0 Å². The molecule has 1 aromatic rings. The summed E-state index contributed by atoms with van der Waals surface area (Å²) < 4.78 is 27.7. The molecular formula is C13H17BrCl2N2O2S. The summed E-state index contributed by atoms with van der Waals surface area (Å²) in [5, 5.41) is 3.74. The first-order chi connectivity index (χ1) is 9.48. The van der Waals surface area contributed by atoms with Gasteiger partial charge in [0.2, 0.25) is 10.0 Å². The van der Waals surface area contributed by atoms with Crippen molar-refractivity contribution >= 4 is 50.0 Å². The molecule has 4 nitrogen and oxygen atoms in total. The van der Waals surface area contributed by atoms with Gasteiger partial charge in [0.05, 0.1) is 5.02 Å². The molecule has 1 N–H and O–H groups in total. The van der Waals surface area contributed by atoms with E-state index in [0.717, 1.165) is 19.3 Å². The highest BCUT2D eigenvalue weighted by Crippen LogP contribution is 2.32. The number of fused-ring (bicyclic) bond motifs is 2. The van der Waals surface area contributed by atoms with Crippen LogP contribution in [0.25, 0.3) is 0 Å². The van der Waals surface area contributed by atoms with Crippen molar-refractivity contribution in [1.29, 1.82) is 0 Å². The van der Waals surface area contributed by atoms with Crippen LogP contribution >= 0.6 is 39.9 Å². The highest BCUT2D eigenvalue weighted by molar-refractivity contribution is 9.10. The molecule has 2 aliphatic rings. The van der Waals surface area contributed by atoms with Gasteiger partial charge in [-0.15, -0.1) is 12.4 Å². The highest BCUT2D eigenvalue weighted by atomic mass is 79.9. The summed E-state index contributed by atoms with van der Waals surface area (Å²) in [5.74, 6) is 0. The van der Waals surface area contributed by atoms with Gasteiger partial charge in [-0.2, -0.15) is 4.31 Å². The number of hydrogen-bond acceptors (Lipinski definition) is 3. The number of rotatable bonds is 2. The zero-order valence-electron chi connectivity index (χ0n) is 11.3. The van der Waals surface area contributed by atoms with Gasteiger partial charge in [0.25, 0.3) is 0 Å². The van der Waals surface area contributed by atoms with E-state index in [1.54, 1.807) is 22.5 Å². The summed E-state index contributed by atoms with van der Waals surface area (Å²) in [4.78, 5) is 0.186. The third kappa shape index (κ3) is 3.41. The van der Waals surface area contributed by atoms with E-state index in [0.29, 0.717) is 23.6 Å². The Morgan fingerprint density at radius 2 is 1.95 bits per heavy atom. The second-order valence-electron chi connectivity index (χ2n) is 5.34. The third-order valence-electron chi connectivity index (χ3n) is 4.02.